The Bertz CT molecular complexity index is 613. The van der Waals surface area contributed by atoms with Gasteiger partial charge in [-0.1, -0.05) is 26.0 Å². The molecule has 1 N–H and O–H groups in total. The molecule has 1 aliphatic rings. The summed E-state index contributed by atoms with van der Waals surface area (Å²) in [4.78, 5) is 28.3. The number of fused-ring (bicyclic) bond motifs is 1. The summed E-state index contributed by atoms with van der Waals surface area (Å²) in [6.07, 6.45) is -0.585. The Kier molecular flexibility index (Phi) is 5.49. The Morgan fingerprint density at radius 2 is 2.00 bits per heavy atom. The Morgan fingerprint density at radius 3 is 2.67 bits per heavy atom. The smallest absolute Gasteiger partial charge is 0.268 e. The molecule has 0 saturated carbocycles. The predicted molar refractivity (Wildman–Crippen MR) is 94.2 cm³/mol. The van der Waals surface area contributed by atoms with Crippen LogP contribution in [-0.2, 0) is 9.59 Å². The zero-order chi connectivity index (χ0) is 17.9. The number of hydrogen-bond donors (Lipinski definition) is 1. The zero-order valence-corrected chi connectivity index (χ0v) is 15.1. The molecule has 2 amide bonds. The molecule has 0 radical (unpaired) electrons. The first-order chi connectivity index (χ1) is 11.2. The van der Waals surface area contributed by atoms with Crippen LogP contribution in [0.4, 0.5) is 5.69 Å². The quantitative estimate of drug-likeness (QED) is 0.857. The van der Waals surface area contributed by atoms with Crippen LogP contribution in [0.2, 0.25) is 0 Å². The normalized spacial score (nSPS) is 17.5. The predicted octanol–water partition coefficient (Wildman–Crippen LogP) is 1.50. The van der Waals surface area contributed by atoms with Crippen LogP contribution in [-0.4, -0.2) is 56.5 Å². The molecule has 0 bridgehead atoms. The van der Waals surface area contributed by atoms with Crippen molar-refractivity contribution in [2.45, 2.75) is 26.9 Å². The van der Waals surface area contributed by atoms with E-state index >= 15 is 0 Å². The molecular weight excluding hydrogens is 306 g/mol. The van der Waals surface area contributed by atoms with Crippen molar-refractivity contribution >= 4 is 17.5 Å². The monoisotopic (exact) mass is 333 g/mol. The lowest BCUT2D eigenvalue weighted by molar-refractivity contribution is -0.128. The maximum atomic E-state index is 12.4. The fourth-order valence-corrected chi connectivity index (χ4v) is 2.97. The molecular formula is C18H27N3O3. The van der Waals surface area contributed by atoms with Gasteiger partial charge in [-0.3, -0.25) is 14.5 Å². The molecule has 1 aliphatic heterocycles. The minimum atomic E-state index is -0.585. The van der Waals surface area contributed by atoms with E-state index in [2.05, 4.69) is 24.1 Å². The van der Waals surface area contributed by atoms with Gasteiger partial charge in [0.2, 0.25) is 5.91 Å². The lowest BCUT2D eigenvalue weighted by Crippen LogP contribution is -2.50. The van der Waals surface area contributed by atoms with Crippen LogP contribution in [0.1, 0.15) is 20.8 Å². The van der Waals surface area contributed by atoms with Crippen LogP contribution in [0.15, 0.2) is 24.3 Å². The summed E-state index contributed by atoms with van der Waals surface area (Å²) in [5.74, 6) is 0.265. The largest absolute Gasteiger partial charge is 0.479 e. The van der Waals surface area contributed by atoms with Crippen molar-refractivity contribution in [2.24, 2.45) is 5.41 Å². The SMILES string of the molecule is CC1Oc2ccccc2N(CC(=O)NCC(C)(C)CN(C)C)C1=O. The van der Waals surface area contributed by atoms with Gasteiger partial charge >= 0.3 is 0 Å². The topological polar surface area (TPSA) is 61.9 Å². The van der Waals surface area contributed by atoms with Crippen LogP contribution >= 0.6 is 0 Å². The molecule has 0 aliphatic carbocycles. The molecule has 24 heavy (non-hydrogen) atoms. The zero-order valence-electron chi connectivity index (χ0n) is 15.1. The summed E-state index contributed by atoms with van der Waals surface area (Å²) in [5.41, 5.74) is 0.600. The number of ether oxygens (including phenoxy) is 1. The van der Waals surface area contributed by atoms with Gasteiger partial charge in [-0.05, 0) is 38.6 Å². The van der Waals surface area contributed by atoms with Crippen molar-refractivity contribution in [1.29, 1.82) is 0 Å². The fraction of sp³-hybridized carbons (Fsp3) is 0.556. The van der Waals surface area contributed by atoms with E-state index in [1.165, 1.54) is 4.90 Å². The van der Waals surface area contributed by atoms with Gasteiger partial charge in [-0.15, -0.1) is 0 Å². The van der Waals surface area contributed by atoms with E-state index in [1.54, 1.807) is 13.0 Å². The number of nitrogens with one attached hydrogen (secondary N) is 1. The first kappa shape index (κ1) is 18.3. The van der Waals surface area contributed by atoms with E-state index < -0.39 is 6.10 Å². The van der Waals surface area contributed by atoms with Crippen LogP contribution in [0, 0.1) is 5.41 Å². The second-order valence-electron chi connectivity index (χ2n) is 7.33. The van der Waals surface area contributed by atoms with Crippen LogP contribution in [0.3, 0.4) is 0 Å². The lowest BCUT2D eigenvalue weighted by Gasteiger charge is -2.33. The van der Waals surface area contributed by atoms with E-state index in [-0.39, 0.29) is 23.8 Å². The standard InChI is InChI=1S/C18H27N3O3/c1-13-17(23)21(14-8-6-7-9-15(14)24-13)10-16(22)19-11-18(2,3)12-20(4)5/h6-9,13H,10-12H2,1-5H3,(H,19,22). The van der Waals surface area contributed by atoms with Gasteiger partial charge < -0.3 is 15.0 Å². The van der Waals surface area contributed by atoms with E-state index in [1.807, 2.05) is 32.3 Å². The van der Waals surface area contributed by atoms with Crippen molar-refractivity contribution in [3.8, 4) is 5.75 Å². The van der Waals surface area contributed by atoms with Gasteiger partial charge in [0.25, 0.3) is 5.91 Å². The number of benzene rings is 1. The molecule has 0 spiro atoms. The third kappa shape index (κ3) is 4.47. The highest BCUT2D eigenvalue weighted by atomic mass is 16.5. The van der Waals surface area contributed by atoms with Crippen molar-refractivity contribution < 1.29 is 14.3 Å². The highest BCUT2D eigenvalue weighted by Gasteiger charge is 2.32. The molecule has 1 heterocycles. The number of nitrogens with zero attached hydrogens (tertiary/aromatic N) is 2. The molecule has 0 aromatic heterocycles. The molecule has 1 aromatic rings. The maximum absolute atomic E-state index is 12.4. The third-order valence-electron chi connectivity index (χ3n) is 3.88. The second-order valence-corrected chi connectivity index (χ2v) is 7.33. The molecule has 2 rings (SSSR count). The van der Waals surface area contributed by atoms with E-state index in [9.17, 15) is 9.59 Å². The molecule has 1 aromatic carbocycles. The molecule has 0 fully saturated rings. The van der Waals surface area contributed by atoms with Gasteiger partial charge in [0.05, 0.1) is 5.69 Å². The summed E-state index contributed by atoms with van der Waals surface area (Å²) in [6.45, 7) is 7.32. The second kappa shape index (κ2) is 7.21. The number of hydrogen-bond acceptors (Lipinski definition) is 4. The van der Waals surface area contributed by atoms with Gasteiger partial charge in [-0.2, -0.15) is 0 Å². The van der Waals surface area contributed by atoms with Gasteiger partial charge in [0.15, 0.2) is 6.10 Å². The van der Waals surface area contributed by atoms with Gasteiger partial charge in [-0.25, -0.2) is 0 Å². The number of carbonyl (C=O) groups excluding carboxylic acids is 2. The summed E-state index contributed by atoms with van der Waals surface area (Å²) >= 11 is 0. The number of amides is 2. The average Bonchev–Trinajstić information content (AvgIpc) is 2.48. The minimum absolute atomic E-state index is 0.00158. The molecule has 1 atom stereocenters. The van der Waals surface area contributed by atoms with Crippen LogP contribution < -0.4 is 15.0 Å². The molecule has 6 heteroatoms. The highest BCUT2D eigenvalue weighted by molar-refractivity contribution is 6.03. The Morgan fingerprint density at radius 1 is 1.33 bits per heavy atom. The molecule has 132 valence electrons. The molecule has 1 unspecified atom stereocenters. The summed E-state index contributed by atoms with van der Waals surface area (Å²) in [5, 5.41) is 2.94. The highest BCUT2D eigenvalue weighted by Crippen LogP contribution is 2.33. The summed E-state index contributed by atoms with van der Waals surface area (Å²) in [7, 11) is 4.02. The molecule has 0 saturated heterocycles. The maximum Gasteiger partial charge on any atom is 0.268 e. The van der Waals surface area contributed by atoms with Crippen molar-refractivity contribution in [2.75, 3.05) is 38.6 Å². The Balaban J connectivity index is 2.02. The van der Waals surface area contributed by atoms with Gasteiger partial charge in [0, 0.05) is 13.1 Å². The summed E-state index contributed by atoms with van der Waals surface area (Å²) in [6, 6.07) is 7.28. The number of rotatable bonds is 6. The Labute approximate surface area is 143 Å². The summed E-state index contributed by atoms with van der Waals surface area (Å²) < 4.78 is 5.59. The number of para-hydroxylation sites is 2. The average molecular weight is 333 g/mol. The van der Waals surface area contributed by atoms with Gasteiger partial charge in [0.1, 0.15) is 12.3 Å². The van der Waals surface area contributed by atoms with Crippen molar-refractivity contribution in [3.05, 3.63) is 24.3 Å². The number of carbonyl (C=O) groups is 2. The fourth-order valence-electron chi connectivity index (χ4n) is 2.97. The van der Waals surface area contributed by atoms with Crippen LogP contribution in [0.25, 0.3) is 0 Å². The van der Waals surface area contributed by atoms with Crippen LogP contribution in [0.5, 0.6) is 5.75 Å². The number of anilines is 1. The lowest BCUT2D eigenvalue weighted by atomic mass is 9.93. The third-order valence-corrected chi connectivity index (χ3v) is 3.88. The first-order valence-electron chi connectivity index (χ1n) is 8.18. The van der Waals surface area contributed by atoms with E-state index in [4.69, 9.17) is 4.74 Å². The minimum Gasteiger partial charge on any atom is -0.479 e. The van der Waals surface area contributed by atoms with E-state index in [0.29, 0.717) is 18.0 Å². The first-order valence-corrected chi connectivity index (χ1v) is 8.18. The van der Waals surface area contributed by atoms with Crippen molar-refractivity contribution in [1.82, 2.24) is 10.2 Å². The van der Waals surface area contributed by atoms with Crippen molar-refractivity contribution in [3.63, 3.8) is 0 Å². The van der Waals surface area contributed by atoms with E-state index in [0.717, 1.165) is 6.54 Å². The molecule has 6 nitrogen and oxygen atoms in total. The Hall–Kier alpha value is -2.08.